The van der Waals surface area contributed by atoms with Crippen LogP contribution in [0.2, 0.25) is 0 Å². The Morgan fingerprint density at radius 1 is 1.24 bits per heavy atom. The molecule has 1 aliphatic heterocycles. The first-order valence-electron chi connectivity index (χ1n) is 12.0. The minimum Gasteiger partial charge on any atom is -0.456 e. The summed E-state index contributed by atoms with van der Waals surface area (Å²) >= 11 is 0. The summed E-state index contributed by atoms with van der Waals surface area (Å²) in [5.74, 6) is 1.02. The van der Waals surface area contributed by atoms with Crippen molar-refractivity contribution in [3.8, 4) is 11.5 Å². The molecule has 2 aromatic rings. The van der Waals surface area contributed by atoms with E-state index >= 15 is 0 Å². The van der Waals surface area contributed by atoms with Gasteiger partial charge in [-0.05, 0) is 64.3 Å². The van der Waals surface area contributed by atoms with Gasteiger partial charge in [0.25, 0.3) is 5.91 Å². The lowest BCUT2D eigenvalue weighted by Crippen LogP contribution is -2.35. The first-order chi connectivity index (χ1) is 18.0. The number of allylic oxidation sites excluding steroid dienone is 2. The number of nitrogens with two attached hydrogens (primary N) is 2. The van der Waals surface area contributed by atoms with Crippen molar-refractivity contribution in [1.29, 1.82) is 0 Å². The van der Waals surface area contributed by atoms with Crippen LogP contribution in [0.5, 0.6) is 11.5 Å². The number of hydrogen-bond acceptors (Lipinski definition) is 8. The fourth-order valence-corrected chi connectivity index (χ4v) is 3.64. The molecule has 5 N–H and O–H groups in total. The van der Waals surface area contributed by atoms with E-state index in [9.17, 15) is 9.59 Å². The van der Waals surface area contributed by atoms with Gasteiger partial charge in [-0.2, -0.15) is 0 Å². The van der Waals surface area contributed by atoms with E-state index in [4.69, 9.17) is 20.9 Å². The molecule has 2 heterocycles. The number of likely N-dealkylation sites (tertiary alicyclic amines) is 1. The van der Waals surface area contributed by atoms with Crippen LogP contribution in [-0.4, -0.2) is 59.2 Å². The summed E-state index contributed by atoms with van der Waals surface area (Å²) in [6, 6.07) is 7.87. The average Bonchev–Trinajstić information content (AvgIpc) is 3.32. The Kier molecular flexibility index (Phi) is 8.85. The molecule has 2 amide bonds. The second kappa shape index (κ2) is 12.0. The van der Waals surface area contributed by atoms with Crippen molar-refractivity contribution in [3.05, 3.63) is 72.2 Å². The van der Waals surface area contributed by atoms with Gasteiger partial charge in [0, 0.05) is 30.9 Å². The Morgan fingerprint density at radius 3 is 2.58 bits per heavy atom. The topological polar surface area (TPSA) is 158 Å². The summed E-state index contributed by atoms with van der Waals surface area (Å²) in [6.07, 6.45) is 4.77. The minimum atomic E-state index is -0.579. The number of hydrogen-bond donors (Lipinski definition) is 3. The Labute approximate surface area is 221 Å². The monoisotopic (exact) mass is 519 g/mol. The number of rotatable bonds is 8. The third-order valence-electron chi connectivity index (χ3n) is 5.37. The summed E-state index contributed by atoms with van der Waals surface area (Å²) in [5.41, 5.74) is 12.6. The zero-order valence-electron chi connectivity index (χ0n) is 21.8. The number of aromatic nitrogens is 1. The van der Waals surface area contributed by atoms with E-state index in [2.05, 4.69) is 33.6 Å². The van der Waals surface area contributed by atoms with E-state index in [1.807, 2.05) is 20.8 Å². The van der Waals surface area contributed by atoms with Crippen LogP contribution in [0.3, 0.4) is 0 Å². The average molecular weight is 520 g/mol. The van der Waals surface area contributed by atoms with Crippen molar-refractivity contribution in [1.82, 2.24) is 15.2 Å². The summed E-state index contributed by atoms with van der Waals surface area (Å²) in [6.45, 7) is 13.3. The smallest absolute Gasteiger partial charge is 0.410 e. The van der Waals surface area contributed by atoms with Crippen molar-refractivity contribution in [2.75, 3.05) is 18.8 Å². The lowest BCUT2D eigenvalue weighted by Gasteiger charge is -2.24. The normalized spacial score (nSPS) is 16.1. The molecule has 0 spiro atoms. The van der Waals surface area contributed by atoms with Gasteiger partial charge >= 0.3 is 6.09 Å². The number of pyridine rings is 1. The van der Waals surface area contributed by atoms with Crippen LogP contribution < -0.4 is 21.5 Å². The number of benzene rings is 1. The largest absolute Gasteiger partial charge is 0.456 e. The van der Waals surface area contributed by atoms with Crippen LogP contribution in [0.15, 0.2) is 71.1 Å². The molecule has 1 aromatic carbocycles. The molecular formula is C27H33N7O4. The van der Waals surface area contributed by atoms with Crippen LogP contribution >= 0.6 is 0 Å². The van der Waals surface area contributed by atoms with Crippen LogP contribution in [0, 0.1) is 0 Å². The van der Waals surface area contributed by atoms with Gasteiger partial charge in [0.2, 0.25) is 0 Å². The number of anilines is 1. The van der Waals surface area contributed by atoms with Crippen LogP contribution in [-0.2, 0) is 4.74 Å². The number of amidine groups is 1. The van der Waals surface area contributed by atoms with Crippen molar-refractivity contribution >= 4 is 30.4 Å². The van der Waals surface area contributed by atoms with Gasteiger partial charge in [0.15, 0.2) is 0 Å². The highest BCUT2D eigenvalue weighted by Crippen LogP contribution is 2.29. The molecule has 11 heteroatoms. The molecule has 1 unspecified atom stereocenters. The van der Waals surface area contributed by atoms with Crippen molar-refractivity contribution in [2.45, 2.75) is 38.8 Å². The van der Waals surface area contributed by atoms with Crippen molar-refractivity contribution < 1.29 is 19.1 Å². The fraction of sp³-hybridized carbons (Fsp3) is 0.296. The number of carbonyl (C=O) groups is 2. The number of carbonyl (C=O) groups excluding carboxylic acids is 2. The maximum absolute atomic E-state index is 12.4. The molecule has 200 valence electrons. The molecule has 1 fully saturated rings. The Morgan fingerprint density at radius 2 is 1.95 bits per heavy atom. The number of ether oxygens (including phenoxy) is 2. The molecule has 11 nitrogen and oxygen atoms in total. The van der Waals surface area contributed by atoms with E-state index in [1.54, 1.807) is 35.2 Å². The first-order valence-corrected chi connectivity index (χ1v) is 12.0. The lowest BCUT2D eigenvalue weighted by atomic mass is 10.2. The lowest BCUT2D eigenvalue weighted by molar-refractivity contribution is 0.0292. The van der Waals surface area contributed by atoms with E-state index in [-0.39, 0.29) is 35.5 Å². The maximum atomic E-state index is 12.4. The minimum absolute atomic E-state index is 0.149. The molecule has 0 radical (unpaired) electrons. The molecule has 0 saturated carbocycles. The molecule has 1 aromatic heterocycles. The maximum Gasteiger partial charge on any atom is 0.410 e. The number of amides is 2. The first kappa shape index (κ1) is 27.9. The third kappa shape index (κ3) is 7.42. The SMILES string of the molecule is C=C/C=C(\N=C)NC(=O)c1ccc(Oc2ccnc(N)c2C(N)=NC2CCN(C(=O)OC(C)(C)C)C2)cc1. The van der Waals surface area contributed by atoms with E-state index in [0.29, 0.717) is 42.1 Å². The summed E-state index contributed by atoms with van der Waals surface area (Å²) in [7, 11) is 0. The Hall–Kier alpha value is -4.67. The van der Waals surface area contributed by atoms with Gasteiger partial charge in [0.05, 0.1) is 6.04 Å². The molecule has 1 aliphatic rings. The number of nitrogens with one attached hydrogen (secondary N) is 1. The van der Waals surface area contributed by atoms with Crippen molar-refractivity contribution in [3.63, 3.8) is 0 Å². The summed E-state index contributed by atoms with van der Waals surface area (Å²) in [4.78, 5) is 38.9. The fourth-order valence-electron chi connectivity index (χ4n) is 3.64. The van der Waals surface area contributed by atoms with Gasteiger partial charge in [-0.3, -0.25) is 9.79 Å². The highest BCUT2D eigenvalue weighted by Gasteiger charge is 2.30. The molecule has 1 atom stereocenters. The van der Waals surface area contributed by atoms with E-state index in [1.165, 1.54) is 18.3 Å². The number of aliphatic imine (C=N–C) groups is 2. The molecule has 3 rings (SSSR count). The summed E-state index contributed by atoms with van der Waals surface area (Å²) in [5, 5.41) is 2.63. The summed E-state index contributed by atoms with van der Waals surface area (Å²) < 4.78 is 11.5. The zero-order valence-corrected chi connectivity index (χ0v) is 21.8. The van der Waals surface area contributed by atoms with E-state index in [0.717, 1.165) is 0 Å². The Bertz CT molecular complexity index is 1260. The van der Waals surface area contributed by atoms with E-state index < -0.39 is 5.60 Å². The van der Waals surface area contributed by atoms with Gasteiger partial charge in [-0.25, -0.2) is 14.8 Å². The molecule has 0 bridgehead atoms. The molecular weight excluding hydrogens is 486 g/mol. The van der Waals surface area contributed by atoms with Crippen LogP contribution in [0.1, 0.15) is 43.1 Å². The highest BCUT2D eigenvalue weighted by atomic mass is 16.6. The predicted molar refractivity (Wildman–Crippen MR) is 147 cm³/mol. The number of nitrogens with zero attached hydrogens (tertiary/aromatic N) is 4. The van der Waals surface area contributed by atoms with Gasteiger partial charge in [-0.15, -0.1) is 0 Å². The van der Waals surface area contributed by atoms with Gasteiger partial charge < -0.3 is 31.2 Å². The zero-order chi connectivity index (χ0) is 27.9. The third-order valence-corrected chi connectivity index (χ3v) is 5.37. The van der Waals surface area contributed by atoms with Crippen LogP contribution in [0.25, 0.3) is 0 Å². The van der Waals surface area contributed by atoms with Gasteiger partial charge in [0.1, 0.15) is 40.1 Å². The molecule has 0 aliphatic carbocycles. The standard InChI is InChI=1S/C27H33N7O4/c1-6-7-21(30-5)33-25(35)17-8-10-19(11-9-17)37-20-12-14-31-23(28)22(20)24(29)32-18-13-15-34(16-18)26(36)38-27(2,3)4/h6-12,14,18H,1,5,13,15-16H2,2-4H3,(H2,28,31)(H2,29,32)(H,33,35)/b21-7+. The predicted octanol–water partition coefficient (Wildman–Crippen LogP) is 3.63. The second-order valence-corrected chi connectivity index (χ2v) is 9.48. The molecule has 1 saturated heterocycles. The van der Waals surface area contributed by atoms with Crippen LogP contribution in [0.4, 0.5) is 10.6 Å². The quantitative estimate of drug-likeness (QED) is 0.273. The second-order valence-electron chi connectivity index (χ2n) is 9.48. The Balaban J connectivity index is 1.73. The highest BCUT2D eigenvalue weighted by molar-refractivity contribution is 6.04. The molecule has 38 heavy (non-hydrogen) atoms. The van der Waals surface area contributed by atoms with Crippen molar-refractivity contribution in [2.24, 2.45) is 15.7 Å². The van der Waals surface area contributed by atoms with Gasteiger partial charge in [-0.1, -0.05) is 12.7 Å². The number of nitrogen functional groups attached to an aromatic ring is 1.